The standard InChI is InChI=1S/C24H19BrCl2N2O4/c25-16-6-3-12(4-7-16)19(30)11-28(22(31)15-5-8-17(26)18(27)10-15)29-23(32)20-13-1-2-14(9-13)21(20)24(29)33/h3-8,10,13-14,20-21H,1-2,9,11H2/t13-,14-,20-,21+/m0/s1. The summed E-state index contributed by atoms with van der Waals surface area (Å²) in [6.07, 6.45) is 2.70. The molecule has 2 saturated carbocycles. The van der Waals surface area contributed by atoms with Crippen LogP contribution in [0.3, 0.4) is 0 Å². The van der Waals surface area contributed by atoms with Gasteiger partial charge in [0.15, 0.2) is 5.78 Å². The largest absolute Gasteiger partial charge is 0.292 e. The molecule has 1 aliphatic heterocycles. The molecule has 0 N–H and O–H groups in total. The smallest absolute Gasteiger partial charge is 0.273 e. The minimum absolute atomic E-state index is 0.133. The first-order valence-corrected chi connectivity index (χ1v) is 12.2. The summed E-state index contributed by atoms with van der Waals surface area (Å²) in [6, 6.07) is 11.0. The van der Waals surface area contributed by atoms with E-state index in [-0.39, 0.29) is 27.4 Å². The Hall–Kier alpha value is -2.22. The Bertz CT molecular complexity index is 1160. The number of amides is 3. The van der Waals surface area contributed by atoms with Crippen molar-refractivity contribution in [3.05, 3.63) is 68.1 Å². The van der Waals surface area contributed by atoms with Crippen molar-refractivity contribution in [2.24, 2.45) is 23.7 Å². The highest BCUT2D eigenvalue weighted by Gasteiger charge is 2.62. The molecule has 0 spiro atoms. The summed E-state index contributed by atoms with van der Waals surface area (Å²) in [4.78, 5) is 53.4. The molecule has 1 heterocycles. The second kappa shape index (κ2) is 8.53. The van der Waals surface area contributed by atoms with Crippen molar-refractivity contribution in [2.75, 3.05) is 6.54 Å². The van der Waals surface area contributed by atoms with E-state index in [1.54, 1.807) is 24.3 Å². The second-order valence-corrected chi connectivity index (χ2v) is 10.5. The number of fused-ring (bicyclic) bond motifs is 5. The highest BCUT2D eigenvalue weighted by atomic mass is 79.9. The van der Waals surface area contributed by atoms with E-state index in [0.717, 1.165) is 33.8 Å². The van der Waals surface area contributed by atoms with Crippen molar-refractivity contribution in [3.63, 3.8) is 0 Å². The zero-order chi connectivity index (χ0) is 23.4. The Labute approximate surface area is 208 Å². The van der Waals surface area contributed by atoms with Crippen LogP contribution in [-0.4, -0.2) is 40.1 Å². The number of carbonyl (C=O) groups is 4. The van der Waals surface area contributed by atoms with E-state index in [1.165, 1.54) is 18.2 Å². The van der Waals surface area contributed by atoms with Crippen molar-refractivity contribution in [1.82, 2.24) is 10.0 Å². The maximum absolute atomic E-state index is 13.5. The summed E-state index contributed by atoms with van der Waals surface area (Å²) >= 11 is 15.4. The maximum Gasteiger partial charge on any atom is 0.273 e. The first kappa shape index (κ1) is 22.6. The Morgan fingerprint density at radius 2 is 1.48 bits per heavy atom. The molecule has 3 fully saturated rings. The molecule has 4 atom stereocenters. The van der Waals surface area contributed by atoms with Crippen LogP contribution in [0.25, 0.3) is 0 Å². The lowest BCUT2D eigenvalue weighted by Gasteiger charge is -2.31. The average molecular weight is 550 g/mol. The number of ketones is 1. The third-order valence-corrected chi connectivity index (χ3v) is 8.27. The van der Waals surface area contributed by atoms with Crippen molar-refractivity contribution < 1.29 is 19.2 Å². The molecule has 5 rings (SSSR count). The fourth-order valence-corrected chi connectivity index (χ4v) is 6.07. The van der Waals surface area contributed by atoms with Crippen LogP contribution in [0.5, 0.6) is 0 Å². The zero-order valence-corrected chi connectivity index (χ0v) is 20.4. The van der Waals surface area contributed by atoms with E-state index in [0.29, 0.717) is 5.56 Å². The van der Waals surface area contributed by atoms with Crippen molar-refractivity contribution in [3.8, 4) is 0 Å². The van der Waals surface area contributed by atoms with Gasteiger partial charge in [-0.25, -0.2) is 5.01 Å². The third-order valence-electron chi connectivity index (χ3n) is 7.01. The quantitative estimate of drug-likeness (QED) is 0.387. The lowest BCUT2D eigenvalue weighted by Crippen LogP contribution is -2.52. The molecule has 170 valence electrons. The van der Waals surface area contributed by atoms with E-state index in [1.807, 2.05) is 0 Å². The SMILES string of the molecule is O=C(CN(C(=O)c1ccc(Cl)c(Cl)c1)N1C(=O)[C@@H]2[C@H]3CC[C@@H](C3)[C@@H]2C1=O)c1ccc(Br)cc1. The molecule has 0 unspecified atom stereocenters. The van der Waals surface area contributed by atoms with E-state index in [9.17, 15) is 19.2 Å². The number of halogens is 3. The molecule has 33 heavy (non-hydrogen) atoms. The Balaban J connectivity index is 1.51. The van der Waals surface area contributed by atoms with Crippen molar-refractivity contribution in [2.45, 2.75) is 19.3 Å². The molecule has 2 aromatic carbocycles. The first-order valence-electron chi connectivity index (χ1n) is 10.7. The van der Waals surface area contributed by atoms with Gasteiger partial charge in [-0.1, -0.05) is 51.3 Å². The molecule has 2 bridgehead atoms. The number of nitrogens with zero attached hydrogens (tertiary/aromatic N) is 2. The summed E-state index contributed by atoms with van der Waals surface area (Å²) in [5.41, 5.74) is 0.498. The van der Waals surface area contributed by atoms with Crippen LogP contribution in [-0.2, 0) is 9.59 Å². The van der Waals surface area contributed by atoms with Crippen LogP contribution in [0.15, 0.2) is 46.9 Å². The van der Waals surface area contributed by atoms with Gasteiger partial charge in [0, 0.05) is 15.6 Å². The zero-order valence-electron chi connectivity index (χ0n) is 17.3. The second-order valence-electron chi connectivity index (χ2n) is 8.79. The molecule has 0 radical (unpaired) electrons. The minimum atomic E-state index is -0.659. The molecule has 3 amide bonds. The van der Waals surface area contributed by atoms with Crippen LogP contribution in [0.2, 0.25) is 10.0 Å². The lowest BCUT2D eigenvalue weighted by molar-refractivity contribution is -0.154. The molecular formula is C24H19BrCl2N2O4. The number of carbonyl (C=O) groups excluding carboxylic acids is 4. The number of imide groups is 1. The molecule has 1 saturated heterocycles. The number of benzene rings is 2. The predicted molar refractivity (Wildman–Crippen MR) is 126 cm³/mol. The fourth-order valence-electron chi connectivity index (χ4n) is 5.51. The summed E-state index contributed by atoms with van der Waals surface area (Å²) in [6.45, 7) is -0.451. The van der Waals surface area contributed by atoms with Crippen molar-refractivity contribution in [1.29, 1.82) is 0 Å². The Morgan fingerprint density at radius 3 is 2.06 bits per heavy atom. The summed E-state index contributed by atoms with van der Waals surface area (Å²) in [5.74, 6) is -2.35. The Morgan fingerprint density at radius 1 is 0.909 bits per heavy atom. The fraction of sp³-hybridized carbons (Fsp3) is 0.333. The van der Waals surface area contributed by atoms with E-state index < -0.39 is 41.9 Å². The van der Waals surface area contributed by atoms with Crippen LogP contribution >= 0.6 is 39.1 Å². The molecule has 2 aromatic rings. The van der Waals surface area contributed by atoms with Gasteiger partial charge in [0.1, 0.15) is 6.54 Å². The molecule has 0 aromatic heterocycles. The van der Waals surface area contributed by atoms with Gasteiger partial charge in [0.25, 0.3) is 17.7 Å². The van der Waals surface area contributed by atoms with Crippen LogP contribution in [0.1, 0.15) is 40.0 Å². The van der Waals surface area contributed by atoms with Crippen molar-refractivity contribution >= 4 is 62.6 Å². The van der Waals surface area contributed by atoms with Gasteiger partial charge in [-0.05, 0) is 61.4 Å². The molecule has 6 nitrogen and oxygen atoms in total. The lowest BCUT2D eigenvalue weighted by atomic mass is 9.81. The van der Waals surface area contributed by atoms with Gasteiger partial charge in [-0.3, -0.25) is 19.2 Å². The first-order chi connectivity index (χ1) is 15.8. The van der Waals surface area contributed by atoms with Gasteiger partial charge in [-0.15, -0.1) is 0 Å². The average Bonchev–Trinajstić information content (AvgIpc) is 3.48. The molecule has 9 heteroatoms. The van der Waals surface area contributed by atoms with Gasteiger partial charge in [-0.2, -0.15) is 5.01 Å². The summed E-state index contributed by atoms with van der Waals surface area (Å²) in [5, 5.41) is 2.33. The maximum atomic E-state index is 13.5. The van der Waals surface area contributed by atoms with Crippen LogP contribution in [0.4, 0.5) is 0 Å². The van der Waals surface area contributed by atoms with E-state index in [2.05, 4.69) is 15.9 Å². The monoisotopic (exact) mass is 548 g/mol. The number of rotatable bonds is 5. The number of hydrazine groups is 1. The minimum Gasteiger partial charge on any atom is -0.292 e. The normalized spacial score (nSPS) is 25.5. The molecule has 3 aliphatic rings. The van der Waals surface area contributed by atoms with Crippen LogP contribution in [0, 0.1) is 23.7 Å². The van der Waals surface area contributed by atoms with Gasteiger partial charge in [0.2, 0.25) is 0 Å². The molecular weight excluding hydrogens is 531 g/mol. The highest BCUT2D eigenvalue weighted by molar-refractivity contribution is 9.10. The topological polar surface area (TPSA) is 74.8 Å². The molecule has 2 aliphatic carbocycles. The van der Waals surface area contributed by atoms with E-state index >= 15 is 0 Å². The number of Topliss-reactive ketones (excluding diaryl/α,β-unsaturated/α-hetero) is 1. The summed E-state index contributed by atoms with van der Waals surface area (Å²) in [7, 11) is 0. The van der Waals surface area contributed by atoms with E-state index in [4.69, 9.17) is 23.2 Å². The predicted octanol–water partition coefficient (Wildman–Crippen LogP) is 5.03. The highest BCUT2D eigenvalue weighted by Crippen LogP contribution is 2.56. The number of hydrogen-bond donors (Lipinski definition) is 0. The summed E-state index contributed by atoms with van der Waals surface area (Å²) < 4.78 is 0.802. The number of hydrogen-bond acceptors (Lipinski definition) is 4. The van der Waals surface area contributed by atoms with Gasteiger partial charge in [0.05, 0.1) is 21.9 Å². The van der Waals surface area contributed by atoms with Crippen LogP contribution < -0.4 is 0 Å². The Kier molecular flexibility index (Phi) is 5.83. The van der Waals surface area contributed by atoms with Gasteiger partial charge >= 0.3 is 0 Å². The van der Waals surface area contributed by atoms with Gasteiger partial charge < -0.3 is 0 Å². The third kappa shape index (κ3) is 3.80.